The maximum atomic E-state index is 6.23. The third kappa shape index (κ3) is 2.25. The van der Waals surface area contributed by atoms with Crippen molar-refractivity contribution in [2.45, 2.75) is 38.6 Å². The van der Waals surface area contributed by atoms with Crippen molar-refractivity contribution in [3.05, 3.63) is 16.9 Å². The second-order valence-corrected chi connectivity index (χ2v) is 4.99. The molecule has 1 aliphatic carbocycles. The zero-order valence-corrected chi connectivity index (χ0v) is 10.8. The minimum Gasteiger partial charge on any atom is -0.309 e. The molecule has 1 fully saturated rings. The standard InChI is InChI=1S/C12H20ClN3/c1-3-14-11(9-6-4-5-7-9)12-10(13)8-15-16(12)2/h8-9,11,14H,3-7H2,1-2H3. The molecule has 0 saturated heterocycles. The summed E-state index contributed by atoms with van der Waals surface area (Å²) in [6.07, 6.45) is 7.05. The van der Waals surface area contributed by atoms with E-state index in [9.17, 15) is 0 Å². The van der Waals surface area contributed by atoms with Crippen molar-refractivity contribution in [2.24, 2.45) is 13.0 Å². The van der Waals surface area contributed by atoms with Gasteiger partial charge in [-0.15, -0.1) is 0 Å². The molecule has 3 nitrogen and oxygen atoms in total. The average molecular weight is 242 g/mol. The normalized spacial score (nSPS) is 19.2. The molecule has 0 spiro atoms. The minimum absolute atomic E-state index is 0.368. The van der Waals surface area contributed by atoms with Gasteiger partial charge in [-0.1, -0.05) is 31.4 Å². The highest BCUT2D eigenvalue weighted by Gasteiger charge is 2.29. The lowest BCUT2D eigenvalue weighted by atomic mass is 9.95. The molecule has 1 heterocycles. The van der Waals surface area contributed by atoms with E-state index >= 15 is 0 Å². The van der Waals surface area contributed by atoms with Gasteiger partial charge in [0.2, 0.25) is 0 Å². The van der Waals surface area contributed by atoms with Crippen LogP contribution in [0.25, 0.3) is 0 Å². The molecule has 1 unspecified atom stereocenters. The van der Waals surface area contributed by atoms with Crippen LogP contribution in [-0.2, 0) is 7.05 Å². The van der Waals surface area contributed by atoms with Crippen molar-refractivity contribution in [3.63, 3.8) is 0 Å². The predicted molar refractivity (Wildman–Crippen MR) is 66.6 cm³/mol. The van der Waals surface area contributed by atoms with Gasteiger partial charge in [0.1, 0.15) is 0 Å². The number of hydrogen-bond acceptors (Lipinski definition) is 2. The van der Waals surface area contributed by atoms with Crippen LogP contribution in [-0.4, -0.2) is 16.3 Å². The highest BCUT2D eigenvalue weighted by molar-refractivity contribution is 6.31. The van der Waals surface area contributed by atoms with Crippen LogP contribution in [0.3, 0.4) is 0 Å². The first-order valence-electron chi connectivity index (χ1n) is 6.14. The van der Waals surface area contributed by atoms with Crippen LogP contribution in [0.4, 0.5) is 0 Å². The van der Waals surface area contributed by atoms with E-state index in [1.165, 1.54) is 25.7 Å². The van der Waals surface area contributed by atoms with E-state index in [-0.39, 0.29) is 0 Å². The summed E-state index contributed by atoms with van der Waals surface area (Å²) in [5.74, 6) is 0.716. The monoisotopic (exact) mass is 241 g/mol. The molecule has 0 radical (unpaired) electrons. The number of halogens is 1. The second-order valence-electron chi connectivity index (χ2n) is 4.58. The van der Waals surface area contributed by atoms with Crippen LogP contribution < -0.4 is 5.32 Å². The van der Waals surface area contributed by atoms with Gasteiger partial charge in [-0.25, -0.2) is 0 Å². The first-order valence-corrected chi connectivity index (χ1v) is 6.52. The van der Waals surface area contributed by atoms with Crippen molar-refractivity contribution in [1.82, 2.24) is 15.1 Å². The number of aryl methyl sites for hydroxylation is 1. The van der Waals surface area contributed by atoms with Crippen LogP contribution in [0.15, 0.2) is 6.20 Å². The fourth-order valence-electron chi connectivity index (χ4n) is 2.77. The summed E-state index contributed by atoms with van der Waals surface area (Å²) in [5, 5.41) is 8.59. The lowest BCUT2D eigenvalue weighted by Crippen LogP contribution is -2.29. The maximum Gasteiger partial charge on any atom is 0.0834 e. The van der Waals surface area contributed by atoms with Crippen LogP contribution >= 0.6 is 11.6 Å². The summed E-state index contributed by atoms with van der Waals surface area (Å²) in [6, 6.07) is 0.368. The Labute approximate surface area is 102 Å². The third-order valence-corrected chi connectivity index (χ3v) is 3.82. The van der Waals surface area contributed by atoms with E-state index in [1.54, 1.807) is 6.20 Å². The Morgan fingerprint density at radius 1 is 1.56 bits per heavy atom. The summed E-state index contributed by atoms with van der Waals surface area (Å²) in [7, 11) is 1.97. The lowest BCUT2D eigenvalue weighted by Gasteiger charge is -2.24. The van der Waals surface area contributed by atoms with E-state index in [0.717, 1.165) is 17.3 Å². The van der Waals surface area contributed by atoms with Gasteiger partial charge in [-0.2, -0.15) is 5.10 Å². The van der Waals surface area contributed by atoms with E-state index in [0.29, 0.717) is 12.0 Å². The summed E-state index contributed by atoms with van der Waals surface area (Å²) < 4.78 is 1.91. The third-order valence-electron chi connectivity index (χ3n) is 3.53. The minimum atomic E-state index is 0.368. The Balaban J connectivity index is 2.24. The van der Waals surface area contributed by atoms with Crippen LogP contribution in [0.2, 0.25) is 5.02 Å². The Kier molecular flexibility index (Phi) is 3.87. The summed E-state index contributed by atoms with van der Waals surface area (Å²) in [4.78, 5) is 0. The molecular weight excluding hydrogens is 222 g/mol. The van der Waals surface area contributed by atoms with E-state index in [2.05, 4.69) is 17.3 Å². The van der Waals surface area contributed by atoms with Gasteiger partial charge in [0, 0.05) is 7.05 Å². The molecule has 1 aliphatic rings. The highest BCUT2D eigenvalue weighted by Crippen LogP contribution is 2.37. The summed E-state index contributed by atoms with van der Waals surface area (Å²) in [6.45, 7) is 3.12. The molecule has 4 heteroatoms. The largest absolute Gasteiger partial charge is 0.309 e. The number of nitrogens with zero attached hydrogens (tertiary/aromatic N) is 2. The summed E-state index contributed by atoms with van der Waals surface area (Å²) in [5.41, 5.74) is 1.15. The number of rotatable bonds is 4. The van der Waals surface area contributed by atoms with Crippen molar-refractivity contribution in [2.75, 3.05) is 6.54 Å². The highest BCUT2D eigenvalue weighted by atomic mass is 35.5. The van der Waals surface area contributed by atoms with Gasteiger partial charge in [0.05, 0.1) is 23.0 Å². The molecule has 1 aromatic rings. The first kappa shape index (κ1) is 11.9. The SMILES string of the molecule is CCNC(c1c(Cl)cnn1C)C1CCCC1. The lowest BCUT2D eigenvalue weighted by molar-refractivity contribution is 0.357. The fourth-order valence-corrected chi connectivity index (χ4v) is 3.05. The molecule has 1 aromatic heterocycles. The Hall–Kier alpha value is -0.540. The molecule has 1 saturated carbocycles. The van der Waals surface area contributed by atoms with Crippen LogP contribution in [0, 0.1) is 5.92 Å². The zero-order valence-electron chi connectivity index (χ0n) is 10.0. The van der Waals surface area contributed by atoms with Gasteiger partial charge in [0.15, 0.2) is 0 Å². The summed E-state index contributed by atoms with van der Waals surface area (Å²) >= 11 is 6.23. The molecule has 16 heavy (non-hydrogen) atoms. The van der Waals surface area contributed by atoms with Gasteiger partial charge in [-0.3, -0.25) is 4.68 Å². The van der Waals surface area contributed by atoms with E-state index < -0.39 is 0 Å². The number of hydrogen-bond donors (Lipinski definition) is 1. The number of nitrogens with one attached hydrogen (secondary N) is 1. The van der Waals surface area contributed by atoms with Crippen LogP contribution in [0.1, 0.15) is 44.3 Å². The van der Waals surface area contributed by atoms with Gasteiger partial charge in [-0.05, 0) is 25.3 Å². The van der Waals surface area contributed by atoms with Gasteiger partial charge in [0.25, 0.3) is 0 Å². The molecule has 0 aromatic carbocycles. The molecule has 90 valence electrons. The molecule has 2 rings (SSSR count). The first-order chi connectivity index (χ1) is 7.74. The van der Waals surface area contributed by atoms with Crippen molar-refractivity contribution in [3.8, 4) is 0 Å². The molecule has 0 amide bonds. The zero-order chi connectivity index (χ0) is 11.5. The Morgan fingerprint density at radius 2 is 2.25 bits per heavy atom. The van der Waals surface area contributed by atoms with Crippen molar-refractivity contribution >= 4 is 11.6 Å². The molecule has 1 N–H and O–H groups in total. The van der Waals surface area contributed by atoms with E-state index in [4.69, 9.17) is 11.6 Å². The molecule has 1 atom stereocenters. The van der Waals surface area contributed by atoms with Gasteiger partial charge < -0.3 is 5.32 Å². The maximum absolute atomic E-state index is 6.23. The van der Waals surface area contributed by atoms with Crippen molar-refractivity contribution in [1.29, 1.82) is 0 Å². The van der Waals surface area contributed by atoms with Gasteiger partial charge >= 0.3 is 0 Å². The Bertz CT molecular complexity index is 323. The smallest absolute Gasteiger partial charge is 0.0834 e. The molecular formula is C12H20ClN3. The van der Waals surface area contributed by atoms with Crippen LogP contribution in [0.5, 0.6) is 0 Å². The van der Waals surface area contributed by atoms with Crippen molar-refractivity contribution < 1.29 is 0 Å². The quantitative estimate of drug-likeness (QED) is 0.879. The fraction of sp³-hybridized carbons (Fsp3) is 0.750. The van der Waals surface area contributed by atoms with E-state index in [1.807, 2.05) is 11.7 Å². The predicted octanol–water partition coefficient (Wildman–Crippen LogP) is 2.91. The Morgan fingerprint density at radius 3 is 2.75 bits per heavy atom. The average Bonchev–Trinajstić information content (AvgIpc) is 2.87. The second kappa shape index (κ2) is 5.19. The molecule has 0 aliphatic heterocycles. The topological polar surface area (TPSA) is 29.9 Å². The number of aromatic nitrogens is 2. The molecule has 0 bridgehead atoms.